The van der Waals surface area contributed by atoms with Crippen LogP contribution in [0.4, 0.5) is 15.8 Å². The Morgan fingerprint density at radius 1 is 1.21 bits per heavy atom. The molecule has 2 aromatic carbocycles. The highest BCUT2D eigenvalue weighted by atomic mass is 32.1. The number of methoxy groups -OCH3 is 1. The van der Waals surface area contributed by atoms with Crippen LogP contribution in [0.5, 0.6) is 5.75 Å². The number of fused-ring (bicyclic) bond motifs is 1. The predicted molar refractivity (Wildman–Crippen MR) is 109 cm³/mol. The lowest BCUT2D eigenvalue weighted by Gasteiger charge is -2.12. The molecule has 2 N–H and O–H groups in total. The van der Waals surface area contributed by atoms with Crippen LogP contribution in [-0.2, 0) is 0 Å². The molecule has 0 saturated heterocycles. The van der Waals surface area contributed by atoms with E-state index >= 15 is 0 Å². The van der Waals surface area contributed by atoms with Crippen LogP contribution in [0.1, 0.15) is 9.67 Å². The second-order valence-corrected chi connectivity index (χ2v) is 6.93. The van der Waals surface area contributed by atoms with E-state index < -0.39 is 5.82 Å². The van der Waals surface area contributed by atoms with Crippen molar-refractivity contribution in [1.82, 2.24) is 15.1 Å². The number of aromatic nitrogens is 2. The first-order valence-corrected chi connectivity index (χ1v) is 9.37. The van der Waals surface area contributed by atoms with Crippen molar-refractivity contribution in [3.8, 4) is 11.4 Å². The van der Waals surface area contributed by atoms with E-state index in [0.717, 1.165) is 5.39 Å². The molecule has 0 atom stereocenters. The first-order chi connectivity index (χ1) is 13.6. The minimum absolute atomic E-state index is 0.165. The second-order valence-electron chi connectivity index (χ2n) is 6.02. The van der Waals surface area contributed by atoms with Crippen LogP contribution in [0.2, 0.25) is 0 Å². The summed E-state index contributed by atoms with van der Waals surface area (Å²) >= 11 is 1.31. The molecule has 2 aromatic heterocycles. The number of benzene rings is 2. The SMILES string of the molecule is CNC(=O)c1cc(-n2ncc3cc(Nc4ccccc4OC)c(F)cc32)cs1. The van der Waals surface area contributed by atoms with Crippen LogP contribution in [-0.4, -0.2) is 29.8 Å². The van der Waals surface area contributed by atoms with Crippen molar-refractivity contribution in [2.45, 2.75) is 0 Å². The molecule has 2 heterocycles. The van der Waals surface area contributed by atoms with E-state index in [0.29, 0.717) is 33.2 Å². The van der Waals surface area contributed by atoms with Crippen LogP contribution in [0.25, 0.3) is 16.6 Å². The monoisotopic (exact) mass is 396 g/mol. The average molecular weight is 396 g/mol. The van der Waals surface area contributed by atoms with Gasteiger partial charge in [0.25, 0.3) is 5.91 Å². The van der Waals surface area contributed by atoms with E-state index in [1.54, 1.807) is 43.2 Å². The van der Waals surface area contributed by atoms with E-state index in [1.807, 2.05) is 23.6 Å². The Bertz CT molecular complexity index is 1170. The Morgan fingerprint density at radius 3 is 2.82 bits per heavy atom. The lowest BCUT2D eigenvalue weighted by molar-refractivity contribution is 0.0967. The lowest BCUT2D eigenvalue weighted by Crippen LogP contribution is -2.16. The van der Waals surface area contributed by atoms with E-state index in [9.17, 15) is 9.18 Å². The average Bonchev–Trinajstić information content (AvgIpc) is 3.35. The molecule has 4 aromatic rings. The van der Waals surface area contributed by atoms with Crippen molar-refractivity contribution < 1.29 is 13.9 Å². The maximum Gasteiger partial charge on any atom is 0.261 e. The van der Waals surface area contributed by atoms with Crippen LogP contribution in [0, 0.1) is 5.82 Å². The number of anilines is 2. The molecule has 1 amide bonds. The Morgan fingerprint density at radius 2 is 2.04 bits per heavy atom. The van der Waals surface area contributed by atoms with Crippen molar-refractivity contribution in [3.63, 3.8) is 0 Å². The number of para-hydroxylation sites is 2. The number of halogens is 1. The number of ether oxygens (including phenoxy) is 1. The molecule has 28 heavy (non-hydrogen) atoms. The number of nitrogens with one attached hydrogen (secondary N) is 2. The quantitative estimate of drug-likeness (QED) is 0.527. The molecule has 8 heteroatoms. The number of carbonyl (C=O) groups excluding carboxylic acids is 1. The largest absolute Gasteiger partial charge is 0.495 e. The molecule has 0 unspecified atom stereocenters. The van der Waals surface area contributed by atoms with Gasteiger partial charge >= 0.3 is 0 Å². The van der Waals surface area contributed by atoms with E-state index in [2.05, 4.69) is 15.7 Å². The zero-order valence-corrected chi connectivity index (χ0v) is 16.0. The Hall–Kier alpha value is -3.39. The first kappa shape index (κ1) is 18.0. The number of hydrogen-bond acceptors (Lipinski definition) is 5. The van der Waals surface area contributed by atoms with Crippen molar-refractivity contribution in [2.24, 2.45) is 0 Å². The van der Waals surface area contributed by atoms with Crippen molar-refractivity contribution >= 4 is 39.5 Å². The summed E-state index contributed by atoms with van der Waals surface area (Å²) in [5.74, 6) is 0.0433. The normalized spacial score (nSPS) is 10.8. The molecule has 0 radical (unpaired) electrons. The summed E-state index contributed by atoms with van der Waals surface area (Å²) < 4.78 is 21.7. The maximum absolute atomic E-state index is 14.8. The summed E-state index contributed by atoms with van der Waals surface area (Å²) in [5, 5.41) is 12.6. The minimum Gasteiger partial charge on any atom is -0.495 e. The summed E-state index contributed by atoms with van der Waals surface area (Å²) in [6.45, 7) is 0. The van der Waals surface area contributed by atoms with Crippen LogP contribution in [0.15, 0.2) is 54.0 Å². The summed E-state index contributed by atoms with van der Waals surface area (Å²) in [7, 11) is 3.15. The van der Waals surface area contributed by atoms with E-state index in [1.165, 1.54) is 17.4 Å². The third-order valence-corrected chi connectivity index (χ3v) is 5.23. The zero-order valence-electron chi connectivity index (χ0n) is 15.2. The number of amides is 1. The van der Waals surface area contributed by atoms with Gasteiger partial charge < -0.3 is 15.4 Å². The van der Waals surface area contributed by atoms with E-state index in [-0.39, 0.29) is 5.91 Å². The Labute approximate surface area is 164 Å². The van der Waals surface area contributed by atoms with Gasteiger partial charge in [0.1, 0.15) is 11.6 Å². The maximum atomic E-state index is 14.8. The molecular formula is C20H17FN4O2S. The van der Waals surface area contributed by atoms with Crippen molar-refractivity contribution in [3.05, 3.63) is 64.7 Å². The fraction of sp³-hybridized carbons (Fsp3) is 0.100. The van der Waals surface area contributed by atoms with Gasteiger partial charge in [-0.3, -0.25) is 4.79 Å². The molecule has 4 rings (SSSR count). The summed E-state index contributed by atoms with van der Waals surface area (Å²) in [6, 6.07) is 12.2. The molecule has 0 aliphatic heterocycles. The topological polar surface area (TPSA) is 68.2 Å². The fourth-order valence-corrected chi connectivity index (χ4v) is 3.74. The zero-order chi connectivity index (χ0) is 19.7. The predicted octanol–water partition coefficient (Wildman–Crippen LogP) is 4.34. The standard InChI is InChI=1S/C20H17FN4O2S/c1-22-20(26)19-8-13(11-28-19)25-17-9-14(21)16(7-12(17)10-23-25)24-15-5-3-4-6-18(15)27-2/h3-11,24H,1-2H3,(H,22,26). The van der Waals surface area contributed by atoms with Gasteiger partial charge in [-0.25, -0.2) is 9.07 Å². The highest BCUT2D eigenvalue weighted by Gasteiger charge is 2.14. The van der Waals surface area contributed by atoms with Gasteiger partial charge in [-0.15, -0.1) is 11.3 Å². The summed E-state index contributed by atoms with van der Waals surface area (Å²) in [4.78, 5) is 12.3. The minimum atomic E-state index is -0.415. The number of thiophene rings is 1. The first-order valence-electron chi connectivity index (χ1n) is 8.49. The Kier molecular flexibility index (Phi) is 4.70. The van der Waals surface area contributed by atoms with Crippen molar-refractivity contribution in [2.75, 3.05) is 19.5 Å². The number of rotatable bonds is 5. The molecule has 0 spiro atoms. The third-order valence-electron chi connectivity index (χ3n) is 4.31. The van der Waals surface area contributed by atoms with Crippen LogP contribution >= 0.6 is 11.3 Å². The van der Waals surface area contributed by atoms with Gasteiger partial charge in [0.15, 0.2) is 0 Å². The number of carbonyl (C=O) groups is 1. The van der Waals surface area contributed by atoms with Gasteiger partial charge in [0, 0.05) is 23.9 Å². The molecule has 0 aliphatic rings. The highest BCUT2D eigenvalue weighted by molar-refractivity contribution is 7.12. The van der Waals surface area contributed by atoms with Gasteiger partial charge in [0.05, 0.1) is 40.8 Å². The fourth-order valence-electron chi connectivity index (χ4n) is 2.92. The smallest absolute Gasteiger partial charge is 0.261 e. The van der Waals surface area contributed by atoms with Gasteiger partial charge in [-0.2, -0.15) is 5.10 Å². The highest BCUT2D eigenvalue weighted by Crippen LogP contribution is 2.31. The summed E-state index contributed by atoms with van der Waals surface area (Å²) in [5.41, 5.74) is 2.32. The lowest BCUT2D eigenvalue weighted by atomic mass is 10.2. The van der Waals surface area contributed by atoms with Crippen molar-refractivity contribution in [1.29, 1.82) is 0 Å². The van der Waals surface area contributed by atoms with E-state index in [4.69, 9.17) is 4.74 Å². The molecule has 6 nitrogen and oxygen atoms in total. The molecule has 0 saturated carbocycles. The molecule has 0 bridgehead atoms. The van der Waals surface area contributed by atoms with Gasteiger partial charge in [-0.05, 0) is 24.3 Å². The molecule has 0 aliphatic carbocycles. The molecule has 142 valence electrons. The third kappa shape index (κ3) is 3.18. The van der Waals surface area contributed by atoms with Crippen LogP contribution in [0.3, 0.4) is 0 Å². The van der Waals surface area contributed by atoms with Crippen LogP contribution < -0.4 is 15.4 Å². The second kappa shape index (κ2) is 7.32. The Balaban J connectivity index is 1.71. The summed E-state index contributed by atoms with van der Waals surface area (Å²) in [6.07, 6.45) is 1.67. The molecule has 0 fully saturated rings. The van der Waals surface area contributed by atoms with Gasteiger partial charge in [-0.1, -0.05) is 12.1 Å². The number of nitrogens with zero attached hydrogens (tertiary/aromatic N) is 2. The number of hydrogen-bond donors (Lipinski definition) is 2. The van der Waals surface area contributed by atoms with Gasteiger partial charge in [0.2, 0.25) is 0 Å². The molecular weight excluding hydrogens is 379 g/mol.